The Morgan fingerprint density at radius 3 is 2.45 bits per heavy atom. The molecule has 4 rings (SSSR count). The zero-order chi connectivity index (χ0) is 20.2. The fourth-order valence-corrected chi connectivity index (χ4v) is 3.26. The third-order valence-corrected chi connectivity index (χ3v) is 4.65. The summed E-state index contributed by atoms with van der Waals surface area (Å²) in [5.41, 5.74) is 1.11. The van der Waals surface area contributed by atoms with Gasteiger partial charge in [0.1, 0.15) is 5.82 Å². The van der Waals surface area contributed by atoms with Gasteiger partial charge in [-0.05, 0) is 18.1 Å². The van der Waals surface area contributed by atoms with Gasteiger partial charge in [-0.15, -0.1) is 0 Å². The molecule has 1 amide bonds. The third kappa shape index (κ3) is 3.80. The molecule has 0 aliphatic rings. The predicted molar refractivity (Wildman–Crippen MR) is 112 cm³/mol. The summed E-state index contributed by atoms with van der Waals surface area (Å²) in [4.78, 5) is 25.7. The number of rotatable bonds is 6. The van der Waals surface area contributed by atoms with Crippen LogP contribution < -0.4 is 10.9 Å². The fourth-order valence-electron chi connectivity index (χ4n) is 3.26. The maximum absolute atomic E-state index is 13.1. The Balaban J connectivity index is 1.68. The molecule has 7 nitrogen and oxygen atoms in total. The SMILES string of the molecule is CCCn1nc(C(=O)Nc2ccnn2Cc2ccccc2)c2ccccc2c1=O. The predicted octanol–water partition coefficient (Wildman–Crippen LogP) is 3.30. The largest absolute Gasteiger partial charge is 0.305 e. The van der Waals surface area contributed by atoms with Crippen LogP contribution in [0.2, 0.25) is 0 Å². The molecule has 0 fully saturated rings. The van der Waals surface area contributed by atoms with E-state index in [9.17, 15) is 9.59 Å². The minimum atomic E-state index is -0.374. The second-order valence-corrected chi connectivity index (χ2v) is 6.74. The van der Waals surface area contributed by atoms with Gasteiger partial charge in [0, 0.05) is 18.0 Å². The lowest BCUT2D eigenvalue weighted by molar-refractivity contribution is 0.102. The van der Waals surface area contributed by atoms with Crippen LogP contribution in [0.4, 0.5) is 5.82 Å². The Labute approximate surface area is 167 Å². The van der Waals surface area contributed by atoms with Crippen LogP contribution in [0.15, 0.2) is 71.7 Å². The number of fused-ring (bicyclic) bond motifs is 1. The molecule has 0 aliphatic carbocycles. The quantitative estimate of drug-likeness (QED) is 0.550. The van der Waals surface area contributed by atoms with E-state index < -0.39 is 0 Å². The molecule has 4 aromatic rings. The van der Waals surface area contributed by atoms with Gasteiger partial charge in [-0.2, -0.15) is 10.2 Å². The fraction of sp³-hybridized carbons (Fsp3) is 0.182. The monoisotopic (exact) mass is 387 g/mol. The lowest BCUT2D eigenvalue weighted by Crippen LogP contribution is -2.28. The maximum atomic E-state index is 13.1. The van der Waals surface area contributed by atoms with Crippen molar-refractivity contribution in [3.05, 3.63) is 88.5 Å². The minimum absolute atomic E-state index is 0.187. The van der Waals surface area contributed by atoms with Crippen LogP contribution in [-0.2, 0) is 13.1 Å². The van der Waals surface area contributed by atoms with Gasteiger partial charge >= 0.3 is 0 Å². The summed E-state index contributed by atoms with van der Waals surface area (Å²) in [6, 6.07) is 18.7. The van der Waals surface area contributed by atoms with Gasteiger partial charge in [-0.3, -0.25) is 9.59 Å². The molecule has 1 N–H and O–H groups in total. The Hall–Kier alpha value is -3.74. The first-order valence-electron chi connectivity index (χ1n) is 9.54. The molecule has 2 aromatic carbocycles. The Morgan fingerprint density at radius 1 is 0.966 bits per heavy atom. The highest BCUT2D eigenvalue weighted by Crippen LogP contribution is 2.16. The molecule has 7 heteroatoms. The van der Waals surface area contributed by atoms with E-state index >= 15 is 0 Å². The van der Waals surface area contributed by atoms with Gasteiger partial charge in [0.05, 0.1) is 18.1 Å². The highest BCUT2D eigenvalue weighted by atomic mass is 16.2. The number of nitrogens with zero attached hydrogens (tertiary/aromatic N) is 4. The second kappa shape index (κ2) is 8.10. The highest BCUT2D eigenvalue weighted by molar-refractivity contribution is 6.10. The minimum Gasteiger partial charge on any atom is -0.305 e. The Bertz CT molecular complexity index is 1210. The summed E-state index contributed by atoms with van der Waals surface area (Å²) in [7, 11) is 0. The van der Waals surface area contributed by atoms with E-state index in [4.69, 9.17) is 0 Å². The van der Waals surface area contributed by atoms with Crippen LogP contribution in [0.3, 0.4) is 0 Å². The lowest BCUT2D eigenvalue weighted by atomic mass is 10.1. The number of nitrogens with one attached hydrogen (secondary N) is 1. The standard InChI is InChI=1S/C22H21N5O2/c1-2-14-26-22(29)18-11-7-6-10-17(18)20(25-26)21(28)24-19-12-13-23-27(19)15-16-8-4-3-5-9-16/h3-13H,2,14-15H2,1H3,(H,24,28). The average Bonchev–Trinajstić information content (AvgIpc) is 3.17. The van der Waals surface area contributed by atoms with Crippen molar-refractivity contribution >= 4 is 22.5 Å². The van der Waals surface area contributed by atoms with Crippen LogP contribution in [0.25, 0.3) is 10.8 Å². The van der Waals surface area contributed by atoms with Gasteiger partial charge in [0.2, 0.25) is 0 Å². The number of hydrogen-bond acceptors (Lipinski definition) is 4. The smallest absolute Gasteiger partial charge is 0.277 e. The molecule has 0 unspecified atom stereocenters. The van der Waals surface area contributed by atoms with Crippen molar-refractivity contribution in [1.29, 1.82) is 0 Å². The van der Waals surface area contributed by atoms with Crippen molar-refractivity contribution in [1.82, 2.24) is 19.6 Å². The molecule has 0 saturated heterocycles. The summed E-state index contributed by atoms with van der Waals surface area (Å²) >= 11 is 0. The number of aromatic nitrogens is 4. The summed E-state index contributed by atoms with van der Waals surface area (Å²) in [5.74, 6) is 0.193. The average molecular weight is 387 g/mol. The number of anilines is 1. The number of benzene rings is 2. The summed E-state index contributed by atoms with van der Waals surface area (Å²) in [5, 5.41) is 12.6. The zero-order valence-electron chi connectivity index (χ0n) is 16.1. The van der Waals surface area contributed by atoms with Crippen molar-refractivity contribution in [2.75, 3.05) is 5.32 Å². The van der Waals surface area contributed by atoms with Gasteiger partial charge in [-0.25, -0.2) is 9.36 Å². The number of amides is 1. The molecular formula is C22H21N5O2. The van der Waals surface area contributed by atoms with Gasteiger partial charge < -0.3 is 5.32 Å². The zero-order valence-corrected chi connectivity index (χ0v) is 16.1. The number of carbonyl (C=O) groups is 1. The molecule has 0 bridgehead atoms. The first kappa shape index (κ1) is 18.6. The van der Waals surface area contributed by atoms with Crippen molar-refractivity contribution in [2.24, 2.45) is 0 Å². The van der Waals surface area contributed by atoms with E-state index in [-0.39, 0.29) is 17.2 Å². The van der Waals surface area contributed by atoms with E-state index in [2.05, 4.69) is 15.5 Å². The van der Waals surface area contributed by atoms with Crippen LogP contribution in [-0.4, -0.2) is 25.5 Å². The van der Waals surface area contributed by atoms with Crippen molar-refractivity contribution in [3.8, 4) is 0 Å². The molecule has 0 saturated carbocycles. The molecule has 29 heavy (non-hydrogen) atoms. The van der Waals surface area contributed by atoms with E-state index in [1.54, 1.807) is 41.2 Å². The first-order valence-corrected chi connectivity index (χ1v) is 9.54. The van der Waals surface area contributed by atoms with Gasteiger partial charge in [-0.1, -0.05) is 55.5 Å². The maximum Gasteiger partial charge on any atom is 0.277 e. The van der Waals surface area contributed by atoms with E-state index in [0.29, 0.717) is 29.7 Å². The topological polar surface area (TPSA) is 81.8 Å². The Morgan fingerprint density at radius 2 is 1.69 bits per heavy atom. The van der Waals surface area contributed by atoms with Gasteiger partial charge in [0.25, 0.3) is 11.5 Å². The number of carbonyl (C=O) groups excluding carboxylic acids is 1. The van der Waals surface area contributed by atoms with Crippen LogP contribution in [0.5, 0.6) is 0 Å². The molecule has 2 aromatic heterocycles. The summed E-state index contributed by atoms with van der Waals surface area (Å²) < 4.78 is 3.08. The highest BCUT2D eigenvalue weighted by Gasteiger charge is 2.18. The first-order chi connectivity index (χ1) is 14.2. The van der Waals surface area contributed by atoms with E-state index in [1.807, 2.05) is 37.3 Å². The molecule has 146 valence electrons. The normalized spacial score (nSPS) is 10.9. The van der Waals surface area contributed by atoms with Gasteiger partial charge in [0.15, 0.2) is 5.69 Å². The van der Waals surface area contributed by atoms with Crippen molar-refractivity contribution in [3.63, 3.8) is 0 Å². The molecule has 2 heterocycles. The third-order valence-electron chi connectivity index (χ3n) is 4.65. The van der Waals surface area contributed by atoms with E-state index in [0.717, 1.165) is 12.0 Å². The molecule has 0 atom stereocenters. The molecule has 0 aliphatic heterocycles. The molecule has 0 radical (unpaired) electrons. The molecule has 0 spiro atoms. The van der Waals surface area contributed by atoms with Crippen molar-refractivity contribution < 1.29 is 4.79 Å². The lowest BCUT2D eigenvalue weighted by Gasteiger charge is -2.12. The van der Waals surface area contributed by atoms with E-state index in [1.165, 1.54) is 4.68 Å². The van der Waals surface area contributed by atoms with Crippen LogP contribution in [0, 0.1) is 0 Å². The number of hydrogen-bond donors (Lipinski definition) is 1. The second-order valence-electron chi connectivity index (χ2n) is 6.74. The molecular weight excluding hydrogens is 366 g/mol. The summed E-state index contributed by atoms with van der Waals surface area (Å²) in [6.45, 7) is 2.95. The van der Waals surface area contributed by atoms with Crippen molar-refractivity contribution in [2.45, 2.75) is 26.4 Å². The van der Waals surface area contributed by atoms with Crippen LogP contribution >= 0.6 is 0 Å². The number of aryl methyl sites for hydroxylation is 1. The Kier molecular flexibility index (Phi) is 5.20. The summed E-state index contributed by atoms with van der Waals surface area (Å²) in [6.07, 6.45) is 2.39. The van der Waals surface area contributed by atoms with Crippen LogP contribution in [0.1, 0.15) is 29.4 Å².